The van der Waals surface area contributed by atoms with E-state index in [4.69, 9.17) is 9.73 Å². The maximum absolute atomic E-state index is 11.5. The van der Waals surface area contributed by atoms with Crippen molar-refractivity contribution >= 4 is 5.71 Å². The van der Waals surface area contributed by atoms with Crippen LogP contribution in [0.4, 0.5) is 0 Å². The van der Waals surface area contributed by atoms with Crippen LogP contribution in [-0.4, -0.2) is 68.8 Å². The van der Waals surface area contributed by atoms with E-state index in [1.807, 2.05) is 13.1 Å². The number of ether oxygens (including phenoxy) is 1. The fourth-order valence-electron chi connectivity index (χ4n) is 4.85. The first-order valence-corrected chi connectivity index (χ1v) is 11.5. The van der Waals surface area contributed by atoms with Gasteiger partial charge in [-0.15, -0.1) is 0 Å². The van der Waals surface area contributed by atoms with Gasteiger partial charge >= 0.3 is 0 Å². The molecule has 3 aliphatic rings. The van der Waals surface area contributed by atoms with Gasteiger partial charge < -0.3 is 10.1 Å². The number of aliphatic imine (C=N–C) groups is 1. The average molecular weight is 434 g/mol. The zero-order valence-corrected chi connectivity index (χ0v) is 19.4. The summed E-state index contributed by atoms with van der Waals surface area (Å²) < 4.78 is 6.44. The number of hydrogen-bond acceptors (Lipinski definition) is 5. The molecule has 2 heterocycles. The van der Waals surface area contributed by atoms with E-state index in [9.17, 15) is 4.91 Å². The molecule has 2 atom stereocenters. The highest BCUT2D eigenvalue weighted by molar-refractivity contribution is 6.03. The van der Waals surface area contributed by atoms with Gasteiger partial charge in [-0.1, -0.05) is 30.0 Å². The number of aryl methyl sites for hydroxylation is 1. The fraction of sp³-hybridized carbons (Fsp3) is 0.500. The monoisotopic (exact) mass is 433 g/mol. The number of likely N-dealkylation sites (tertiary alicyclic amines) is 1. The second kappa shape index (κ2) is 10.2. The molecule has 1 aliphatic carbocycles. The molecule has 6 heteroatoms. The number of hydrogen-bond donors (Lipinski definition) is 1. The summed E-state index contributed by atoms with van der Waals surface area (Å²) in [5.41, 5.74) is 12.0. The van der Waals surface area contributed by atoms with Crippen LogP contribution in [0.2, 0.25) is 0 Å². The maximum Gasteiger partial charge on any atom is 0.195 e. The lowest BCUT2D eigenvalue weighted by Gasteiger charge is -2.33. The molecule has 1 N–H and O–H groups in total. The number of allylic oxidation sites excluding steroid dienone is 1. The summed E-state index contributed by atoms with van der Waals surface area (Å²) >= 11 is 0. The van der Waals surface area contributed by atoms with Crippen LogP contribution in [-0.2, 0) is 11.2 Å². The molecule has 0 saturated carbocycles. The van der Waals surface area contributed by atoms with Crippen molar-refractivity contribution in [2.45, 2.75) is 31.7 Å². The minimum atomic E-state index is 0.192. The predicted molar refractivity (Wildman–Crippen MR) is 127 cm³/mol. The third-order valence-corrected chi connectivity index (χ3v) is 6.51. The Morgan fingerprint density at radius 1 is 1.28 bits per heavy atom. The summed E-state index contributed by atoms with van der Waals surface area (Å²) in [7, 11) is 5.25. The molecule has 1 fully saturated rings. The quantitative estimate of drug-likeness (QED) is 0.369. The van der Waals surface area contributed by atoms with E-state index in [2.05, 4.69) is 45.9 Å². The van der Waals surface area contributed by atoms with E-state index >= 15 is 0 Å². The van der Waals surface area contributed by atoms with Gasteiger partial charge in [0.25, 0.3) is 0 Å². The van der Waals surface area contributed by atoms with Crippen LogP contribution < -0.4 is 5.32 Å². The molecule has 4 rings (SSSR count). The molecule has 0 bridgehead atoms. The van der Waals surface area contributed by atoms with Crippen molar-refractivity contribution in [3.8, 4) is 0 Å². The largest absolute Gasteiger partial charge is 0.489 e. The summed E-state index contributed by atoms with van der Waals surface area (Å²) in [5.74, 6) is 1.06. The first-order chi connectivity index (χ1) is 15.6. The lowest BCUT2D eigenvalue weighted by atomic mass is 9.89. The molecule has 1 aromatic rings. The van der Waals surface area contributed by atoms with E-state index in [1.54, 1.807) is 14.2 Å². The number of rotatable bonds is 9. The van der Waals surface area contributed by atoms with Crippen molar-refractivity contribution in [1.29, 1.82) is 0 Å². The highest BCUT2D eigenvalue weighted by atomic mass is 16.5. The van der Waals surface area contributed by atoms with Crippen molar-refractivity contribution < 1.29 is 9.50 Å². The van der Waals surface area contributed by atoms with E-state index in [-0.39, 0.29) is 6.04 Å². The molecule has 1 aromatic carbocycles. The van der Waals surface area contributed by atoms with Gasteiger partial charge in [0.05, 0.1) is 24.6 Å². The van der Waals surface area contributed by atoms with Gasteiger partial charge in [0, 0.05) is 35.4 Å². The van der Waals surface area contributed by atoms with E-state index in [1.165, 1.54) is 11.1 Å². The zero-order chi connectivity index (χ0) is 22.5. The first kappa shape index (κ1) is 22.4. The molecule has 0 radical (unpaired) electrons. The molecule has 1 unspecified atom stereocenters. The van der Waals surface area contributed by atoms with Crippen molar-refractivity contribution in [2.75, 3.05) is 47.4 Å². The minimum absolute atomic E-state index is 0.192. The lowest BCUT2D eigenvalue weighted by Crippen LogP contribution is -2.39. The van der Waals surface area contributed by atoms with Crippen LogP contribution in [0.1, 0.15) is 30.4 Å². The SMILES string of the molecule is CNCCCc1ccc(C2=NC3=CC(OC)=C=C=C3C(N3CC[C@H](C[N+](C)=O)C3)C2)cc1. The van der Waals surface area contributed by atoms with Gasteiger partial charge in [0.2, 0.25) is 0 Å². The number of benzene rings is 1. The Kier molecular flexibility index (Phi) is 7.19. The van der Waals surface area contributed by atoms with Crippen LogP contribution in [0.5, 0.6) is 0 Å². The Labute approximate surface area is 190 Å². The number of methoxy groups -OCH3 is 1. The first-order valence-electron chi connectivity index (χ1n) is 11.5. The second-order valence-corrected chi connectivity index (χ2v) is 8.90. The summed E-state index contributed by atoms with van der Waals surface area (Å²) in [4.78, 5) is 19.0. The van der Waals surface area contributed by atoms with Gasteiger partial charge in [0.15, 0.2) is 19.4 Å². The Hall–Kier alpha value is -2.75. The van der Waals surface area contributed by atoms with Crippen molar-refractivity contribution in [1.82, 2.24) is 10.2 Å². The Balaban J connectivity index is 1.58. The van der Waals surface area contributed by atoms with Crippen LogP contribution in [0, 0.1) is 10.8 Å². The van der Waals surface area contributed by atoms with Gasteiger partial charge in [-0.3, -0.25) is 9.89 Å². The van der Waals surface area contributed by atoms with Crippen LogP contribution >= 0.6 is 0 Å². The summed E-state index contributed by atoms with van der Waals surface area (Å²) in [6.45, 7) is 3.53. The molecule has 2 aliphatic heterocycles. The Morgan fingerprint density at radius 2 is 2.09 bits per heavy atom. The highest BCUT2D eigenvalue weighted by Gasteiger charge is 2.37. The van der Waals surface area contributed by atoms with E-state index in [0.29, 0.717) is 18.2 Å². The van der Waals surface area contributed by atoms with Crippen molar-refractivity contribution in [2.24, 2.45) is 10.9 Å². The summed E-state index contributed by atoms with van der Waals surface area (Å²) in [6.07, 6.45) is 6.05. The van der Waals surface area contributed by atoms with Gasteiger partial charge in [-0.2, -0.15) is 0 Å². The standard InChI is InChI=1S/C26H33N4O2/c1-27-13-4-5-19-6-8-21(9-7-19)24-16-26(30-14-12-20(18-30)17-29(2)31)23-11-10-22(32-3)15-25(23)28-24/h6-9,15,20,26-27H,4-5,12-14,16-18H2,1-3H3/q+1/t20-,26?/m1/s1. The topological polar surface area (TPSA) is 56.9 Å². The van der Waals surface area contributed by atoms with Gasteiger partial charge in [0.1, 0.15) is 0 Å². The minimum Gasteiger partial charge on any atom is -0.489 e. The van der Waals surface area contributed by atoms with Crippen LogP contribution in [0.3, 0.4) is 0 Å². The summed E-state index contributed by atoms with van der Waals surface area (Å²) in [5, 5.41) is 3.21. The van der Waals surface area contributed by atoms with Crippen LogP contribution in [0.25, 0.3) is 0 Å². The molecule has 32 heavy (non-hydrogen) atoms. The smallest absolute Gasteiger partial charge is 0.195 e. The van der Waals surface area contributed by atoms with E-state index < -0.39 is 0 Å². The Morgan fingerprint density at radius 3 is 2.81 bits per heavy atom. The van der Waals surface area contributed by atoms with E-state index in [0.717, 1.165) is 67.1 Å². The number of nitrogens with zero attached hydrogens (tertiary/aromatic N) is 3. The molecule has 168 valence electrons. The fourth-order valence-corrected chi connectivity index (χ4v) is 4.85. The zero-order valence-electron chi connectivity index (χ0n) is 19.4. The third kappa shape index (κ3) is 5.17. The number of nitroso groups, excluding NO2 is 1. The molecule has 0 spiro atoms. The lowest BCUT2D eigenvalue weighted by molar-refractivity contribution is -0.525. The number of nitrogens with one attached hydrogen (secondary N) is 1. The van der Waals surface area contributed by atoms with Crippen LogP contribution in [0.15, 0.2) is 63.8 Å². The second-order valence-electron chi connectivity index (χ2n) is 8.90. The molecule has 6 nitrogen and oxygen atoms in total. The predicted octanol–water partition coefficient (Wildman–Crippen LogP) is 3.24. The molecular formula is C26H33N4O2+. The molecule has 0 aromatic heterocycles. The molecule has 1 saturated heterocycles. The van der Waals surface area contributed by atoms with Crippen molar-refractivity contribution in [3.05, 3.63) is 74.9 Å². The highest BCUT2D eigenvalue weighted by Crippen LogP contribution is 2.34. The average Bonchev–Trinajstić information content (AvgIpc) is 3.26. The molecular weight excluding hydrogens is 400 g/mol. The molecule has 0 amide bonds. The number of fused-ring (bicyclic) bond motifs is 1. The third-order valence-electron chi connectivity index (χ3n) is 6.51. The van der Waals surface area contributed by atoms with Gasteiger partial charge in [-0.05, 0) is 61.0 Å². The Bertz CT molecular complexity index is 1020. The maximum atomic E-state index is 11.5. The normalized spacial score (nSPS) is 22.6. The summed E-state index contributed by atoms with van der Waals surface area (Å²) in [6, 6.07) is 9.03. The van der Waals surface area contributed by atoms with Gasteiger partial charge in [-0.25, -0.2) is 0 Å². The van der Waals surface area contributed by atoms with Crippen molar-refractivity contribution in [3.63, 3.8) is 0 Å².